The highest BCUT2D eigenvalue weighted by atomic mass is 35.5. The lowest BCUT2D eigenvalue weighted by molar-refractivity contribution is -0.126. The van der Waals surface area contributed by atoms with E-state index in [0.29, 0.717) is 40.8 Å². The van der Waals surface area contributed by atoms with Crippen LogP contribution in [0.3, 0.4) is 0 Å². The fraction of sp³-hybridized carbons (Fsp3) is 0.409. The first-order valence-corrected chi connectivity index (χ1v) is 11.5. The zero-order valence-electron chi connectivity index (χ0n) is 16.9. The molecule has 0 saturated carbocycles. The fourth-order valence-electron chi connectivity index (χ4n) is 3.44. The largest absolute Gasteiger partial charge is 0.356 e. The number of carbonyl (C=O) groups excluding carboxylic acids is 3. The first kappa shape index (κ1) is 22.3. The molecule has 0 aliphatic carbocycles. The quantitative estimate of drug-likeness (QED) is 0.616. The summed E-state index contributed by atoms with van der Waals surface area (Å²) in [7, 11) is 0. The van der Waals surface area contributed by atoms with E-state index >= 15 is 0 Å². The van der Waals surface area contributed by atoms with Crippen molar-refractivity contribution in [2.45, 2.75) is 32.6 Å². The van der Waals surface area contributed by atoms with E-state index in [1.807, 2.05) is 5.38 Å². The highest BCUT2D eigenvalue weighted by Gasteiger charge is 2.29. The molecule has 6 nitrogen and oxygen atoms in total. The van der Waals surface area contributed by atoms with Gasteiger partial charge in [-0.3, -0.25) is 14.4 Å². The number of likely N-dealkylation sites (tertiary alicyclic amines) is 1. The van der Waals surface area contributed by atoms with Crippen LogP contribution in [0.25, 0.3) is 0 Å². The molecule has 0 radical (unpaired) electrons. The van der Waals surface area contributed by atoms with Crippen LogP contribution >= 0.6 is 22.9 Å². The third-order valence-corrected chi connectivity index (χ3v) is 6.31. The summed E-state index contributed by atoms with van der Waals surface area (Å²) >= 11 is 7.56. The number of halogens is 1. The Hall–Kier alpha value is -2.38. The average Bonchev–Trinajstić information content (AvgIpc) is 3.30. The van der Waals surface area contributed by atoms with Crippen molar-refractivity contribution in [3.8, 4) is 0 Å². The summed E-state index contributed by atoms with van der Waals surface area (Å²) in [5, 5.41) is 7.92. The van der Waals surface area contributed by atoms with Crippen LogP contribution in [0.4, 0.5) is 5.69 Å². The first-order chi connectivity index (χ1) is 14.5. The number of benzene rings is 1. The smallest absolute Gasteiger partial charge is 0.265 e. The number of piperidine rings is 1. The molecule has 2 N–H and O–H groups in total. The summed E-state index contributed by atoms with van der Waals surface area (Å²) in [6.45, 7) is 3.76. The number of unbranched alkanes of at least 4 members (excludes halogenated alkanes) is 1. The first-order valence-electron chi connectivity index (χ1n) is 10.2. The lowest BCUT2D eigenvalue weighted by Gasteiger charge is -2.32. The van der Waals surface area contributed by atoms with Crippen molar-refractivity contribution in [2.24, 2.45) is 5.92 Å². The van der Waals surface area contributed by atoms with E-state index in [1.165, 1.54) is 11.3 Å². The number of nitrogens with one attached hydrogen (secondary N) is 2. The van der Waals surface area contributed by atoms with Crippen molar-refractivity contribution in [1.82, 2.24) is 10.2 Å². The van der Waals surface area contributed by atoms with Gasteiger partial charge in [0.15, 0.2) is 0 Å². The van der Waals surface area contributed by atoms with Crippen LogP contribution in [0.5, 0.6) is 0 Å². The van der Waals surface area contributed by atoms with Crippen LogP contribution in [0, 0.1) is 5.92 Å². The minimum Gasteiger partial charge on any atom is -0.356 e. The Morgan fingerprint density at radius 3 is 2.83 bits per heavy atom. The van der Waals surface area contributed by atoms with Gasteiger partial charge in [-0.05, 0) is 48.9 Å². The van der Waals surface area contributed by atoms with Crippen molar-refractivity contribution < 1.29 is 14.4 Å². The van der Waals surface area contributed by atoms with Crippen molar-refractivity contribution in [2.75, 3.05) is 25.0 Å². The molecule has 1 atom stereocenters. The molecule has 8 heteroatoms. The maximum atomic E-state index is 13.0. The number of thiophene rings is 1. The van der Waals surface area contributed by atoms with Crippen molar-refractivity contribution >= 4 is 46.3 Å². The van der Waals surface area contributed by atoms with Gasteiger partial charge in [0.2, 0.25) is 5.91 Å². The Balaban J connectivity index is 1.67. The third-order valence-electron chi connectivity index (χ3n) is 5.12. The second-order valence-electron chi connectivity index (χ2n) is 7.36. The predicted molar refractivity (Wildman–Crippen MR) is 120 cm³/mol. The van der Waals surface area contributed by atoms with E-state index in [1.54, 1.807) is 35.2 Å². The standard InChI is InChI=1S/C22H26ClN3O3S/c1-2-3-10-24-20(27)16-6-4-11-26(14-16)22(29)15-8-9-17(23)18(13-15)25-21(28)19-7-5-12-30-19/h5,7-9,12-13,16H,2-4,6,10-11,14H2,1H3,(H,24,27)(H,25,28). The number of amides is 3. The monoisotopic (exact) mass is 447 g/mol. The second kappa shape index (κ2) is 10.6. The van der Waals surface area contributed by atoms with E-state index in [2.05, 4.69) is 17.6 Å². The molecule has 1 unspecified atom stereocenters. The Kier molecular flexibility index (Phi) is 7.87. The molecule has 1 fully saturated rings. The van der Waals surface area contributed by atoms with Crippen molar-refractivity contribution in [3.05, 3.63) is 51.2 Å². The van der Waals surface area contributed by atoms with Crippen LogP contribution < -0.4 is 10.6 Å². The van der Waals surface area contributed by atoms with Gasteiger partial charge in [-0.2, -0.15) is 0 Å². The van der Waals surface area contributed by atoms with Gasteiger partial charge in [-0.15, -0.1) is 11.3 Å². The molecule has 30 heavy (non-hydrogen) atoms. The van der Waals surface area contributed by atoms with Gasteiger partial charge in [-0.1, -0.05) is 31.0 Å². The topological polar surface area (TPSA) is 78.5 Å². The van der Waals surface area contributed by atoms with Gasteiger partial charge in [0.1, 0.15) is 0 Å². The van der Waals surface area contributed by atoms with Crippen LogP contribution in [0.2, 0.25) is 5.02 Å². The number of carbonyl (C=O) groups is 3. The Bertz CT molecular complexity index is 901. The predicted octanol–water partition coefficient (Wildman–Crippen LogP) is 4.42. The highest BCUT2D eigenvalue weighted by molar-refractivity contribution is 7.12. The normalized spacial score (nSPS) is 16.2. The summed E-state index contributed by atoms with van der Waals surface area (Å²) in [5.41, 5.74) is 0.833. The van der Waals surface area contributed by atoms with E-state index in [0.717, 1.165) is 25.7 Å². The third kappa shape index (κ3) is 5.61. The molecule has 3 rings (SSSR count). The Morgan fingerprint density at radius 1 is 1.27 bits per heavy atom. The van der Waals surface area contributed by atoms with Crippen LogP contribution in [-0.2, 0) is 4.79 Å². The summed E-state index contributed by atoms with van der Waals surface area (Å²) < 4.78 is 0. The van der Waals surface area contributed by atoms with Gasteiger partial charge >= 0.3 is 0 Å². The van der Waals surface area contributed by atoms with Crippen molar-refractivity contribution in [3.63, 3.8) is 0 Å². The molecule has 1 aromatic heterocycles. The molecule has 0 spiro atoms. The van der Waals surface area contributed by atoms with Gasteiger partial charge in [0.05, 0.1) is 21.5 Å². The molecule has 1 aliphatic heterocycles. The van der Waals surface area contributed by atoms with E-state index in [-0.39, 0.29) is 23.6 Å². The number of rotatable bonds is 7. The zero-order chi connectivity index (χ0) is 21.5. The molecule has 0 bridgehead atoms. The van der Waals surface area contributed by atoms with E-state index in [4.69, 9.17) is 11.6 Å². The van der Waals surface area contributed by atoms with Crippen molar-refractivity contribution in [1.29, 1.82) is 0 Å². The molecule has 1 saturated heterocycles. The highest BCUT2D eigenvalue weighted by Crippen LogP contribution is 2.26. The van der Waals surface area contributed by atoms with Gasteiger partial charge in [0.25, 0.3) is 11.8 Å². The summed E-state index contributed by atoms with van der Waals surface area (Å²) in [5.74, 6) is -0.603. The number of anilines is 1. The summed E-state index contributed by atoms with van der Waals surface area (Å²) in [6.07, 6.45) is 3.54. The minimum absolute atomic E-state index is 0.0148. The molecule has 3 amide bonds. The van der Waals surface area contributed by atoms with Crippen LogP contribution in [0.1, 0.15) is 52.6 Å². The van der Waals surface area contributed by atoms with E-state index < -0.39 is 0 Å². The summed E-state index contributed by atoms with van der Waals surface area (Å²) in [6, 6.07) is 8.38. The minimum atomic E-state index is -0.265. The molecular weight excluding hydrogens is 422 g/mol. The van der Waals surface area contributed by atoms with Gasteiger partial charge < -0.3 is 15.5 Å². The molecule has 2 heterocycles. The maximum absolute atomic E-state index is 13.0. The SMILES string of the molecule is CCCCNC(=O)C1CCCN(C(=O)c2ccc(Cl)c(NC(=O)c3cccs3)c2)C1. The molecule has 1 aliphatic rings. The lowest BCUT2D eigenvalue weighted by atomic mass is 9.96. The van der Waals surface area contributed by atoms with E-state index in [9.17, 15) is 14.4 Å². The molecule has 2 aromatic rings. The van der Waals surface area contributed by atoms with Gasteiger partial charge in [-0.25, -0.2) is 0 Å². The second-order valence-corrected chi connectivity index (χ2v) is 8.72. The molecule has 160 valence electrons. The Labute approximate surface area is 185 Å². The maximum Gasteiger partial charge on any atom is 0.265 e. The average molecular weight is 448 g/mol. The number of hydrogen-bond acceptors (Lipinski definition) is 4. The Morgan fingerprint density at radius 2 is 2.10 bits per heavy atom. The molecule has 1 aromatic carbocycles. The fourth-order valence-corrected chi connectivity index (χ4v) is 4.22. The van der Waals surface area contributed by atoms with Gasteiger partial charge in [0, 0.05) is 25.2 Å². The zero-order valence-corrected chi connectivity index (χ0v) is 18.5. The number of nitrogens with zero attached hydrogens (tertiary/aromatic N) is 1. The summed E-state index contributed by atoms with van der Waals surface area (Å²) in [4.78, 5) is 40.1. The lowest BCUT2D eigenvalue weighted by Crippen LogP contribution is -2.45. The number of hydrogen-bond donors (Lipinski definition) is 2. The molecular formula is C22H26ClN3O3S. The van der Waals surface area contributed by atoms with Crippen LogP contribution in [-0.4, -0.2) is 42.3 Å². The van der Waals surface area contributed by atoms with Crippen LogP contribution in [0.15, 0.2) is 35.7 Å².